The van der Waals surface area contributed by atoms with Crippen molar-refractivity contribution in [2.24, 2.45) is 7.05 Å². The number of carbonyl (C=O) groups is 1. The minimum atomic E-state index is -0.272. The molecule has 2 aromatic carbocycles. The first-order valence-electron chi connectivity index (χ1n) is 8.46. The maximum Gasteiger partial charge on any atom is 0.220 e. The van der Waals surface area contributed by atoms with Crippen LogP contribution in [0.5, 0.6) is 0 Å². The Morgan fingerprint density at radius 2 is 1.92 bits per heavy atom. The molecule has 0 unspecified atom stereocenters. The number of rotatable bonds is 6. The Kier molecular flexibility index (Phi) is 5.12. The zero-order valence-corrected chi connectivity index (χ0v) is 14.6. The van der Waals surface area contributed by atoms with Crippen molar-refractivity contribution in [2.45, 2.75) is 26.2 Å². The van der Waals surface area contributed by atoms with Crippen LogP contribution in [0.2, 0.25) is 0 Å². The largest absolute Gasteiger partial charge is 0.356 e. The smallest absolute Gasteiger partial charge is 0.220 e. The number of hydrogen-bond acceptors (Lipinski definition) is 2. The predicted molar refractivity (Wildman–Crippen MR) is 96.9 cm³/mol. The first-order valence-corrected chi connectivity index (χ1v) is 8.46. The predicted octanol–water partition coefficient (Wildman–Crippen LogP) is 3.31. The minimum absolute atomic E-state index is 0.0328. The van der Waals surface area contributed by atoms with E-state index in [-0.39, 0.29) is 11.7 Å². The molecule has 0 radical (unpaired) electrons. The van der Waals surface area contributed by atoms with E-state index in [1.165, 1.54) is 17.7 Å². The lowest BCUT2D eigenvalue weighted by molar-refractivity contribution is -0.121. The molecule has 130 valence electrons. The highest BCUT2D eigenvalue weighted by Crippen LogP contribution is 2.16. The van der Waals surface area contributed by atoms with Gasteiger partial charge in [-0.15, -0.1) is 0 Å². The third-order valence-electron chi connectivity index (χ3n) is 4.37. The van der Waals surface area contributed by atoms with Crippen molar-refractivity contribution in [1.82, 2.24) is 14.9 Å². The van der Waals surface area contributed by atoms with Crippen LogP contribution in [-0.4, -0.2) is 22.0 Å². The fourth-order valence-electron chi connectivity index (χ4n) is 2.85. The zero-order valence-electron chi connectivity index (χ0n) is 14.6. The van der Waals surface area contributed by atoms with Gasteiger partial charge in [0.2, 0.25) is 5.91 Å². The van der Waals surface area contributed by atoms with Gasteiger partial charge in [-0.1, -0.05) is 29.8 Å². The van der Waals surface area contributed by atoms with Gasteiger partial charge in [-0.25, -0.2) is 9.37 Å². The molecule has 5 heteroatoms. The lowest BCUT2D eigenvalue weighted by atomic mass is 10.1. The highest BCUT2D eigenvalue weighted by Gasteiger charge is 2.09. The lowest BCUT2D eigenvalue weighted by Gasteiger charge is -2.06. The quantitative estimate of drug-likeness (QED) is 0.749. The van der Waals surface area contributed by atoms with Crippen LogP contribution in [0.3, 0.4) is 0 Å². The maximum atomic E-state index is 13.3. The number of aromatic nitrogens is 2. The summed E-state index contributed by atoms with van der Waals surface area (Å²) in [4.78, 5) is 16.5. The molecule has 4 nitrogen and oxygen atoms in total. The van der Waals surface area contributed by atoms with Gasteiger partial charge in [-0.2, -0.15) is 0 Å². The summed E-state index contributed by atoms with van der Waals surface area (Å²) in [7, 11) is 1.86. The third-order valence-corrected chi connectivity index (χ3v) is 4.37. The topological polar surface area (TPSA) is 46.9 Å². The van der Waals surface area contributed by atoms with Gasteiger partial charge in [0.15, 0.2) is 0 Å². The number of halogens is 1. The second kappa shape index (κ2) is 7.47. The van der Waals surface area contributed by atoms with Crippen LogP contribution in [0.1, 0.15) is 23.4 Å². The molecule has 0 saturated carbocycles. The molecule has 0 spiro atoms. The third kappa shape index (κ3) is 4.24. The maximum absolute atomic E-state index is 13.3. The number of imidazole rings is 1. The fourth-order valence-corrected chi connectivity index (χ4v) is 2.85. The van der Waals surface area contributed by atoms with E-state index in [0.717, 1.165) is 28.8 Å². The number of carbonyl (C=O) groups excluding carboxylic acids is 1. The molecule has 0 aliphatic rings. The number of amides is 1. The van der Waals surface area contributed by atoms with Crippen LogP contribution in [-0.2, 0) is 24.7 Å². The minimum Gasteiger partial charge on any atom is -0.356 e. The summed E-state index contributed by atoms with van der Waals surface area (Å²) >= 11 is 0. The molecular formula is C20H22FN3O. The van der Waals surface area contributed by atoms with Crippen molar-refractivity contribution in [3.05, 3.63) is 65.2 Å². The van der Waals surface area contributed by atoms with Crippen LogP contribution in [0.15, 0.2) is 42.5 Å². The van der Waals surface area contributed by atoms with E-state index in [1.807, 2.05) is 18.5 Å². The monoisotopic (exact) mass is 339 g/mol. The first-order chi connectivity index (χ1) is 12.0. The van der Waals surface area contributed by atoms with Crippen LogP contribution in [0.4, 0.5) is 4.39 Å². The molecule has 1 N–H and O–H groups in total. The molecule has 3 aromatic rings. The molecule has 0 bridgehead atoms. The Morgan fingerprint density at radius 1 is 1.16 bits per heavy atom. The van der Waals surface area contributed by atoms with Crippen LogP contribution in [0.25, 0.3) is 11.0 Å². The van der Waals surface area contributed by atoms with Gasteiger partial charge in [-0.3, -0.25) is 4.79 Å². The molecule has 1 aromatic heterocycles. The standard InChI is InChI=1S/C20H22FN3O/c1-14-3-5-15(6-4-14)7-10-20(25)22-12-11-19-23-17-9-8-16(21)13-18(17)24(19)2/h3-6,8-9,13H,7,10-12H2,1-2H3,(H,22,25). The van der Waals surface area contributed by atoms with Crippen LogP contribution < -0.4 is 5.32 Å². The first kappa shape index (κ1) is 17.1. The Labute approximate surface area is 146 Å². The van der Waals surface area contributed by atoms with Crippen molar-refractivity contribution >= 4 is 16.9 Å². The average Bonchev–Trinajstić information content (AvgIpc) is 2.90. The number of nitrogens with zero attached hydrogens (tertiary/aromatic N) is 2. The second-order valence-electron chi connectivity index (χ2n) is 6.31. The van der Waals surface area contributed by atoms with E-state index in [4.69, 9.17) is 0 Å². The van der Waals surface area contributed by atoms with Gasteiger partial charge in [0.25, 0.3) is 0 Å². The highest BCUT2D eigenvalue weighted by atomic mass is 19.1. The van der Waals surface area contributed by atoms with Crippen molar-refractivity contribution in [2.75, 3.05) is 6.54 Å². The number of hydrogen-bond donors (Lipinski definition) is 1. The lowest BCUT2D eigenvalue weighted by Crippen LogP contribution is -2.26. The van der Waals surface area contributed by atoms with E-state index in [1.54, 1.807) is 6.07 Å². The summed E-state index contributed by atoms with van der Waals surface area (Å²) in [5, 5.41) is 2.93. The van der Waals surface area contributed by atoms with E-state index in [0.29, 0.717) is 19.4 Å². The van der Waals surface area contributed by atoms with Crippen molar-refractivity contribution in [1.29, 1.82) is 0 Å². The van der Waals surface area contributed by atoms with Gasteiger partial charge >= 0.3 is 0 Å². The zero-order chi connectivity index (χ0) is 17.8. The van der Waals surface area contributed by atoms with Crippen molar-refractivity contribution in [3.8, 4) is 0 Å². The molecule has 0 saturated heterocycles. The van der Waals surface area contributed by atoms with Crippen LogP contribution in [0, 0.1) is 12.7 Å². The Balaban J connectivity index is 1.50. The molecule has 25 heavy (non-hydrogen) atoms. The normalized spacial score (nSPS) is 11.0. The summed E-state index contributed by atoms with van der Waals surface area (Å²) in [5.74, 6) is 0.594. The van der Waals surface area contributed by atoms with E-state index in [2.05, 4.69) is 34.6 Å². The molecule has 0 atom stereocenters. The SMILES string of the molecule is Cc1ccc(CCC(=O)NCCc2nc3ccc(F)cc3n2C)cc1. The molecule has 1 amide bonds. The number of aryl methyl sites for hydroxylation is 3. The number of fused-ring (bicyclic) bond motifs is 1. The molecular weight excluding hydrogens is 317 g/mol. The average molecular weight is 339 g/mol. The van der Waals surface area contributed by atoms with Gasteiger partial charge in [0.1, 0.15) is 11.6 Å². The van der Waals surface area contributed by atoms with Gasteiger partial charge in [0, 0.05) is 26.4 Å². The van der Waals surface area contributed by atoms with Gasteiger partial charge in [-0.05, 0) is 37.1 Å². The summed E-state index contributed by atoms with van der Waals surface area (Å²) in [5.41, 5.74) is 3.92. The van der Waals surface area contributed by atoms with Crippen LogP contribution >= 0.6 is 0 Å². The van der Waals surface area contributed by atoms with Crippen molar-refractivity contribution < 1.29 is 9.18 Å². The van der Waals surface area contributed by atoms with Gasteiger partial charge in [0.05, 0.1) is 11.0 Å². The summed E-state index contributed by atoms with van der Waals surface area (Å²) in [6.45, 7) is 2.57. The second-order valence-corrected chi connectivity index (χ2v) is 6.31. The van der Waals surface area contributed by atoms with E-state index >= 15 is 0 Å². The number of nitrogens with one attached hydrogen (secondary N) is 1. The molecule has 1 heterocycles. The Morgan fingerprint density at radius 3 is 2.68 bits per heavy atom. The summed E-state index contributed by atoms with van der Waals surface area (Å²) in [6.07, 6.45) is 1.82. The summed E-state index contributed by atoms with van der Waals surface area (Å²) < 4.78 is 15.2. The molecule has 3 rings (SSSR count). The highest BCUT2D eigenvalue weighted by molar-refractivity contribution is 5.77. The molecule has 0 fully saturated rings. The van der Waals surface area contributed by atoms with E-state index < -0.39 is 0 Å². The van der Waals surface area contributed by atoms with Crippen molar-refractivity contribution in [3.63, 3.8) is 0 Å². The Hall–Kier alpha value is -2.69. The van der Waals surface area contributed by atoms with Gasteiger partial charge < -0.3 is 9.88 Å². The fraction of sp³-hybridized carbons (Fsp3) is 0.300. The molecule has 0 aliphatic carbocycles. The number of benzene rings is 2. The Bertz CT molecular complexity index is 884. The van der Waals surface area contributed by atoms with E-state index in [9.17, 15) is 9.18 Å². The molecule has 0 aliphatic heterocycles. The summed E-state index contributed by atoms with van der Waals surface area (Å²) in [6, 6.07) is 12.8.